The third-order valence-electron chi connectivity index (χ3n) is 2.85. The molecule has 0 saturated heterocycles. The Labute approximate surface area is 108 Å². The van der Waals surface area contributed by atoms with Crippen LogP contribution in [0.25, 0.3) is 6.08 Å². The van der Waals surface area contributed by atoms with Gasteiger partial charge in [0, 0.05) is 11.5 Å². The molecule has 0 spiro atoms. The second-order valence-electron chi connectivity index (χ2n) is 4.29. The van der Waals surface area contributed by atoms with Crippen molar-refractivity contribution in [2.24, 2.45) is 5.92 Å². The molecule has 0 bridgehead atoms. The van der Waals surface area contributed by atoms with Crippen LogP contribution in [0.5, 0.6) is 0 Å². The highest BCUT2D eigenvalue weighted by molar-refractivity contribution is 5.99. The van der Waals surface area contributed by atoms with Gasteiger partial charge in [0.05, 0.1) is 0 Å². The van der Waals surface area contributed by atoms with E-state index >= 15 is 0 Å². The predicted molar refractivity (Wildman–Crippen MR) is 75.4 cm³/mol. The van der Waals surface area contributed by atoms with E-state index in [-0.39, 0.29) is 11.7 Å². The van der Waals surface area contributed by atoms with Crippen LogP contribution >= 0.6 is 0 Å². The lowest BCUT2D eigenvalue weighted by atomic mass is 9.98. The zero-order valence-corrected chi connectivity index (χ0v) is 10.4. The van der Waals surface area contributed by atoms with E-state index in [1.54, 1.807) is 0 Å². The summed E-state index contributed by atoms with van der Waals surface area (Å²) >= 11 is 0. The van der Waals surface area contributed by atoms with Gasteiger partial charge in [-0.3, -0.25) is 4.79 Å². The molecule has 0 saturated carbocycles. The Morgan fingerprint density at radius 2 is 1.50 bits per heavy atom. The Balaban J connectivity index is 2.07. The van der Waals surface area contributed by atoms with Crippen LogP contribution in [-0.4, -0.2) is 5.78 Å². The highest BCUT2D eigenvalue weighted by Crippen LogP contribution is 2.12. The van der Waals surface area contributed by atoms with E-state index in [9.17, 15) is 4.79 Å². The van der Waals surface area contributed by atoms with E-state index in [2.05, 4.69) is 0 Å². The number of Topliss-reactive ketones (excluding diaryl/α,β-unsaturated/α-hetero) is 1. The molecule has 0 aliphatic heterocycles. The summed E-state index contributed by atoms with van der Waals surface area (Å²) < 4.78 is 0. The number of carbonyl (C=O) groups is 1. The lowest BCUT2D eigenvalue weighted by Gasteiger charge is -2.05. The van der Waals surface area contributed by atoms with Gasteiger partial charge in [-0.2, -0.15) is 0 Å². The third-order valence-corrected chi connectivity index (χ3v) is 2.85. The van der Waals surface area contributed by atoms with Crippen molar-refractivity contribution in [1.29, 1.82) is 0 Å². The van der Waals surface area contributed by atoms with Crippen LogP contribution in [-0.2, 0) is 0 Å². The van der Waals surface area contributed by atoms with Gasteiger partial charge in [-0.15, -0.1) is 0 Å². The minimum Gasteiger partial charge on any atom is -0.294 e. The average Bonchev–Trinajstić information content (AvgIpc) is 2.46. The Morgan fingerprint density at radius 1 is 0.944 bits per heavy atom. The smallest absolute Gasteiger partial charge is 0.169 e. The van der Waals surface area contributed by atoms with Gasteiger partial charge in [0.15, 0.2) is 5.78 Å². The quantitative estimate of drug-likeness (QED) is 0.726. The van der Waals surface area contributed by atoms with Gasteiger partial charge in [0.2, 0.25) is 0 Å². The molecule has 1 heteroatoms. The van der Waals surface area contributed by atoms with E-state index in [0.29, 0.717) is 0 Å². The van der Waals surface area contributed by atoms with E-state index < -0.39 is 0 Å². The minimum absolute atomic E-state index is 0.104. The summed E-state index contributed by atoms with van der Waals surface area (Å²) in [6, 6.07) is 19.4. The molecule has 0 N–H and O–H groups in total. The van der Waals surface area contributed by atoms with Gasteiger partial charge >= 0.3 is 0 Å². The van der Waals surface area contributed by atoms with Gasteiger partial charge in [-0.1, -0.05) is 79.7 Å². The van der Waals surface area contributed by atoms with Crippen molar-refractivity contribution >= 4 is 11.9 Å². The SMILES string of the molecule is CC(C=Cc1ccccc1)C(=O)c1ccccc1. The number of rotatable bonds is 4. The summed E-state index contributed by atoms with van der Waals surface area (Å²) in [5.41, 5.74) is 1.88. The molecule has 0 aromatic heterocycles. The standard InChI is InChI=1S/C17H16O/c1-14(12-13-15-8-4-2-5-9-15)17(18)16-10-6-3-7-11-16/h2-14H,1H3. The fourth-order valence-corrected chi connectivity index (χ4v) is 1.77. The maximum absolute atomic E-state index is 12.1. The summed E-state index contributed by atoms with van der Waals surface area (Å²) in [6.45, 7) is 1.93. The van der Waals surface area contributed by atoms with Crippen molar-refractivity contribution in [3.63, 3.8) is 0 Å². The summed E-state index contributed by atoms with van der Waals surface area (Å²) in [6.07, 6.45) is 3.94. The monoisotopic (exact) mass is 236 g/mol. The zero-order valence-electron chi connectivity index (χ0n) is 10.4. The highest BCUT2D eigenvalue weighted by atomic mass is 16.1. The topological polar surface area (TPSA) is 17.1 Å². The van der Waals surface area contributed by atoms with Gasteiger partial charge in [-0.25, -0.2) is 0 Å². The minimum atomic E-state index is -0.104. The molecule has 2 aromatic carbocycles. The molecule has 1 unspecified atom stereocenters. The Bertz CT molecular complexity index is 526. The van der Waals surface area contributed by atoms with Crippen molar-refractivity contribution in [3.8, 4) is 0 Å². The first-order chi connectivity index (χ1) is 8.77. The fraction of sp³-hybridized carbons (Fsp3) is 0.118. The number of carbonyl (C=O) groups excluding carboxylic acids is 1. The number of hydrogen-bond donors (Lipinski definition) is 0. The molecule has 0 aliphatic carbocycles. The number of benzene rings is 2. The van der Waals surface area contributed by atoms with Crippen molar-refractivity contribution < 1.29 is 4.79 Å². The molecule has 0 amide bonds. The van der Waals surface area contributed by atoms with Crippen LogP contribution < -0.4 is 0 Å². The van der Waals surface area contributed by atoms with E-state index in [1.165, 1.54) is 0 Å². The maximum Gasteiger partial charge on any atom is 0.169 e. The van der Waals surface area contributed by atoms with Crippen molar-refractivity contribution in [2.75, 3.05) is 0 Å². The van der Waals surface area contributed by atoms with Crippen LogP contribution in [0.15, 0.2) is 66.7 Å². The molecule has 90 valence electrons. The summed E-state index contributed by atoms with van der Waals surface area (Å²) in [5.74, 6) is 0.0513. The first-order valence-corrected chi connectivity index (χ1v) is 6.10. The molecule has 2 aromatic rings. The van der Waals surface area contributed by atoms with Crippen molar-refractivity contribution in [1.82, 2.24) is 0 Å². The molecule has 0 radical (unpaired) electrons. The zero-order chi connectivity index (χ0) is 12.8. The molecule has 2 rings (SSSR count). The molecule has 0 heterocycles. The Hall–Kier alpha value is -2.15. The highest BCUT2D eigenvalue weighted by Gasteiger charge is 2.11. The van der Waals surface area contributed by atoms with Crippen LogP contribution in [0.2, 0.25) is 0 Å². The molecular formula is C17H16O. The van der Waals surface area contributed by atoms with Gasteiger partial charge in [0.1, 0.15) is 0 Å². The van der Waals surface area contributed by atoms with Crippen molar-refractivity contribution in [3.05, 3.63) is 77.9 Å². The maximum atomic E-state index is 12.1. The number of ketones is 1. The van der Waals surface area contributed by atoms with E-state index in [1.807, 2.05) is 79.7 Å². The third kappa shape index (κ3) is 3.17. The van der Waals surface area contributed by atoms with Gasteiger partial charge < -0.3 is 0 Å². The summed E-state index contributed by atoms with van der Waals surface area (Å²) in [4.78, 5) is 12.1. The van der Waals surface area contributed by atoms with Gasteiger partial charge in [0.25, 0.3) is 0 Å². The molecule has 18 heavy (non-hydrogen) atoms. The summed E-state index contributed by atoms with van der Waals surface area (Å²) in [7, 11) is 0. The summed E-state index contributed by atoms with van der Waals surface area (Å²) in [5, 5.41) is 0. The molecule has 0 fully saturated rings. The lowest BCUT2D eigenvalue weighted by molar-refractivity contribution is 0.0953. The molecule has 1 atom stereocenters. The first-order valence-electron chi connectivity index (χ1n) is 6.10. The average molecular weight is 236 g/mol. The lowest BCUT2D eigenvalue weighted by Crippen LogP contribution is -2.08. The van der Waals surface area contributed by atoms with Gasteiger partial charge in [-0.05, 0) is 5.56 Å². The number of hydrogen-bond acceptors (Lipinski definition) is 1. The molecule has 0 aliphatic rings. The Kier molecular flexibility index (Phi) is 4.08. The van der Waals surface area contributed by atoms with E-state index in [0.717, 1.165) is 11.1 Å². The largest absolute Gasteiger partial charge is 0.294 e. The van der Waals surface area contributed by atoms with Crippen LogP contribution in [0.4, 0.5) is 0 Å². The molecule has 1 nitrogen and oxygen atoms in total. The van der Waals surface area contributed by atoms with Crippen LogP contribution in [0, 0.1) is 5.92 Å². The fourth-order valence-electron chi connectivity index (χ4n) is 1.77. The number of allylic oxidation sites excluding steroid dienone is 1. The predicted octanol–water partition coefficient (Wildman–Crippen LogP) is 4.22. The first kappa shape index (κ1) is 12.3. The van der Waals surface area contributed by atoms with Crippen LogP contribution in [0.1, 0.15) is 22.8 Å². The Morgan fingerprint density at radius 3 is 2.11 bits per heavy atom. The van der Waals surface area contributed by atoms with E-state index in [4.69, 9.17) is 0 Å². The second kappa shape index (κ2) is 5.97. The normalized spacial score (nSPS) is 12.5. The van der Waals surface area contributed by atoms with Crippen LogP contribution in [0.3, 0.4) is 0 Å². The molecular weight excluding hydrogens is 220 g/mol. The van der Waals surface area contributed by atoms with Crippen molar-refractivity contribution in [2.45, 2.75) is 6.92 Å². The second-order valence-corrected chi connectivity index (χ2v) is 4.29.